The number of carbonyl (C=O) groups excluding carboxylic acids is 2. The van der Waals surface area contributed by atoms with Crippen LogP contribution in [-0.2, 0) is 4.74 Å². The molecule has 5 heteroatoms. The molecule has 1 aliphatic rings. The zero-order valence-electron chi connectivity index (χ0n) is 7.07. The monoisotopic (exact) mass is 189 g/mol. The van der Waals surface area contributed by atoms with Crippen molar-refractivity contribution in [2.45, 2.75) is 20.0 Å². The highest BCUT2D eigenvalue weighted by Gasteiger charge is 2.28. The fourth-order valence-electron chi connectivity index (χ4n) is 0.825. The van der Waals surface area contributed by atoms with E-state index in [1.165, 1.54) is 0 Å². The standard InChI is InChI=1S/C7H11NO3S/c1-5(2)11-6(9)8-3-4-12-7(8)10/h5H,3-4H2,1-2H3. The van der Waals surface area contributed by atoms with Gasteiger partial charge in [0.2, 0.25) is 0 Å². The second kappa shape index (κ2) is 3.80. The van der Waals surface area contributed by atoms with Crippen LogP contribution in [0.15, 0.2) is 0 Å². The molecule has 0 N–H and O–H groups in total. The molecule has 0 saturated carbocycles. The van der Waals surface area contributed by atoms with Crippen LogP contribution in [0.3, 0.4) is 0 Å². The number of carbonyl (C=O) groups is 2. The van der Waals surface area contributed by atoms with Gasteiger partial charge in [0.1, 0.15) is 0 Å². The molecule has 1 rings (SSSR count). The smallest absolute Gasteiger partial charge is 0.417 e. The van der Waals surface area contributed by atoms with Crippen molar-refractivity contribution in [3.63, 3.8) is 0 Å². The largest absolute Gasteiger partial charge is 0.446 e. The average Bonchev–Trinajstić information content (AvgIpc) is 2.33. The molecular weight excluding hydrogens is 178 g/mol. The number of nitrogens with zero attached hydrogens (tertiary/aromatic N) is 1. The third-order valence-electron chi connectivity index (χ3n) is 1.32. The van der Waals surface area contributed by atoms with Gasteiger partial charge in [-0.2, -0.15) is 0 Å². The quantitative estimate of drug-likeness (QED) is 0.630. The van der Waals surface area contributed by atoms with Crippen molar-refractivity contribution in [1.82, 2.24) is 4.90 Å². The van der Waals surface area contributed by atoms with Crippen molar-refractivity contribution >= 4 is 23.1 Å². The van der Waals surface area contributed by atoms with Gasteiger partial charge in [-0.3, -0.25) is 4.79 Å². The van der Waals surface area contributed by atoms with Gasteiger partial charge in [-0.25, -0.2) is 9.69 Å². The van der Waals surface area contributed by atoms with Crippen LogP contribution < -0.4 is 0 Å². The number of imide groups is 1. The van der Waals surface area contributed by atoms with Gasteiger partial charge in [0, 0.05) is 12.3 Å². The minimum atomic E-state index is -0.528. The zero-order chi connectivity index (χ0) is 9.14. The first-order valence-corrected chi connectivity index (χ1v) is 4.74. The summed E-state index contributed by atoms with van der Waals surface area (Å²) in [6, 6.07) is 0. The minimum absolute atomic E-state index is 0.170. The highest BCUT2D eigenvalue weighted by molar-refractivity contribution is 8.13. The first-order valence-electron chi connectivity index (χ1n) is 3.76. The number of hydrogen-bond acceptors (Lipinski definition) is 4. The van der Waals surface area contributed by atoms with E-state index < -0.39 is 6.09 Å². The van der Waals surface area contributed by atoms with Gasteiger partial charge in [0.15, 0.2) is 0 Å². The molecule has 0 spiro atoms. The van der Waals surface area contributed by atoms with E-state index in [0.29, 0.717) is 12.3 Å². The molecule has 1 heterocycles. The van der Waals surface area contributed by atoms with Gasteiger partial charge >= 0.3 is 6.09 Å². The average molecular weight is 189 g/mol. The van der Waals surface area contributed by atoms with Gasteiger partial charge in [-0.1, -0.05) is 11.8 Å². The first-order chi connectivity index (χ1) is 5.61. The molecule has 1 saturated heterocycles. The topological polar surface area (TPSA) is 46.6 Å². The molecule has 2 amide bonds. The number of amides is 2. The fraction of sp³-hybridized carbons (Fsp3) is 0.714. The Morgan fingerprint density at radius 2 is 2.33 bits per heavy atom. The highest BCUT2D eigenvalue weighted by atomic mass is 32.2. The van der Waals surface area contributed by atoms with E-state index in [1.54, 1.807) is 13.8 Å². The van der Waals surface area contributed by atoms with E-state index in [1.807, 2.05) is 0 Å². The van der Waals surface area contributed by atoms with Crippen molar-refractivity contribution in [1.29, 1.82) is 0 Å². The Morgan fingerprint density at radius 1 is 1.67 bits per heavy atom. The molecule has 12 heavy (non-hydrogen) atoms. The molecule has 0 aliphatic carbocycles. The Hall–Kier alpha value is -0.710. The Bertz CT molecular complexity index is 205. The molecule has 0 aromatic heterocycles. The number of hydrogen-bond donors (Lipinski definition) is 0. The lowest BCUT2D eigenvalue weighted by Gasteiger charge is -2.14. The van der Waals surface area contributed by atoms with E-state index in [0.717, 1.165) is 16.7 Å². The second-order valence-corrected chi connectivity index (χ2v) is 3.74. The fourth-order valence-corrected chi connectivity index (χ4v) is 1.59. The molecule has 68 valence electrons. The molecule has 0 aromatic carbocycles. The van der Waals surface area contributed by atoms with E-state index in [9.17, 15) is 9.59 Å². The van der Waals surface area contributed by atoms with Gasteiger partial charge in [-0.15, -0.1) is 0 Å². The Morgan fingerprint density at radius 3 is 2.75 bits per heavy atom. The maximum atomic E-state index is 11.1. The highest BCUT2D eigenvalue weighted by Crippen LogP contribution is 2.18. The van der Waals surface area contributed by atoms with E-state index >= 15 is 0 Å². The minimum Gasteiger partial charge on any atom is -0.446 e. The van der Waals surface area contributed by atoms with Crippen LogP contribution in [-0.4, -0.2) is 34.6 Å². The third-order valence-corrected chi connectivity index (χ3v) is 2.17. The van der Waals surface area contributed by atoms with E-state index in [-0.39, 0.29) is 11.3 Å². The van der Waals surface area contributed by atoms with Crippen molar-refractivity contribution in [2.75, 3.05) is 12.3 Å². The van der Waals surface area contributed by atoms with Gasteiger partial charge in [-0.05, 0) is 13.8 Å². The van der Waals surface area contributed by atoms with Crippen LogP contribution in [0.4, 0.5) is 9.59 Å². The molecular formula is C7H11NO3S. The van der Waals surface area contributed by atoms with Crippen LogP contribution in [0.5, 0.6) is 0 Å². The van der Waals surface area contributed by atoms with Crippen LogP contribution in [0, 0.1) is 0 Å². The molecule has 0 bridgehead atoms. The Balaban J connectivity index is 2.46. The molecule has 0 unspecified atom stereocenters. The summed E-state index contributed by atoms with van der Waals surface area (Å²) in [5.74, 6) is 0.673. The summed E-state index contributed by atoms with van der Waals surface area (Å²) >= 11 is 1.15. The summed E-state index contributed by atoms with van der Waals surface area (Å²) in [5.41, 5.74) is 0. The maximum Gasteiger partial charge on any atom is 0.417 e. The number of ether oxygens (including phenoxy) is 1. The Labute approximate surface area is 75.2 Å². The lowest BCUT2D eigenvalue weighted by atomic mass is 10.5. The number of rotatable bonds is 1. The van der Waals surface area contributed by atoms with Crippen molar-refractivity contribution in [3.8, 4) is 0 Å². The molecule has 1 fully saturated rings. The predicted octanol–water partition coefficient (Wildman–Crippen LogP) is 1.70. The lowest BCUT2D eigenvalue weighted by molar-refractivity contribution is 0.0910. The van der Waals surface area contributed by atoms with Crippen LogP contribution in [0.1, 0.15) is 13.8 Å². The van der Waals surface area contributed by atoms with Gasteiger partial charge in [0.25, 0.3) is 5.24 Å². The zero-order valence-corrected chi connectivity index (χ0v) is 7.89. The second-order valence-electron chi connectivity index (χ2n) is 2.70. The molecule has 0 atom stereocenters. The van der Waals surface area contributed by atoms with Crippen molar-refractivity contribution in [3.05, 3.63) is 0 Å². The van der Waals surface area contributed by atoms with Crippen molar-refractivity contribution < 1.29 is 14.3 Å². The normalized spacial score (nSPS) is 17.2. The lowest BCUT2D eigenvalue weighted by Crippen LogP contribution is -2.32. The summed E-state index contributed by atoms with van der Waals surface area (Å²) < 4.78 is 4.86. The predicted molar refractivity (Wildman–Crippen MR) is 46.2 cm³/mol. The van der Waals surface area contributed by atoms with Crippen LogP contribution in [0.25, 0.3) is 0 Å². The Kier molecular flexibility index (Phi) is 2.97. The number of thioether (sulfide) groups is 1. The van der Waals surface area contributed by atoms with Crippen LogP contribution >= 0.6 is 11.8 Å². The summed E-state index contributed by atoms with van der Waals surface area (Å²) in [7, 11) is 0. The summed E-state index contributed by atoms with van der Waals surface area (Å²) in [6.07, 6.45) is -0.698. The molecule has 0 radical (unpaired) electrons. The van der Waals surface area contributed by atoms with Gasteiger partial charge in [0.05, 0.1) is 6.10 Å². The third kappa shape index (κ3) is 2.14. The summed E-state index contributed by atoms with van der Waals surface area (Å²) in [5, 5.41) is -0.208. The van der Waals surface area contributed by atoms with Crippen molar-refractivity contribution in [2.24, 2.45) is 0 Å². The maximum absolute atomic E-state index is 11.1. The van der Waals surface area contributed by atoms with E-state index in [4.69, 9.17) is 4.74 Å². The summed E-state index contributed by atoms with van der Waals surface area (Å²) in [4.78, 5) is 23.3. The van der Waals surface area contributed by atoms with Gasteiger partial charge < -0.3 is 4.74 Å². The SMILES string of the molecule is CC(C)OC(=O)N1CCSC1=O. The first kappa shape index (κ1) is 9.38. The van der Waals surface area contributed by atoms with E-state index in [2.05, 4.69) is 0 Å². The summed E-state index contributed by atoms with van der Waals surface area (Å²) in [6.45, 7) is 3.98. The molecule has 0 aromatic rings. The molecule has 4 nitrogen and oxygen atoms in total. The molecule has 1 aliphatic heterocycles. The van der Waals surface area contributed by atoms with Crippen LogP contribution in [0.2, 0.25) is 0 Å².